The van der Waals surface area contributed by atoms with Gasteiger partial charge in [-0.25, -0.2) is 8.78 Å². The fourth-order valence-corrected chi connectivity index (χ4v) is 3.83. The first kappa shape index (κ1) is 17.4. The van der Waals surface area contributed by atoms with E-state index < -0.39 is 11.6 Å². The van der Waals surface area contributed by atoms with Gasteiger partial charge in [-0.2, -0.15) is 0 Å². The van der Waals surface area contributed by atoms with E-state index in [1.54, 1.807) is 6.07 Å². The van der Waals surface area contributed by atoms with Crippen LogP contribution in [0, 0.1) is 17.6 Å². The van der Waals surface area contributed by atoms with Gasteiger partial charge in [0.15, 0.2) is 11.6 Å². The summed E-state index contributed by atoms with van der Waals surface area (Å²) in [6, 6.07) is 3.63. The molecule has 0 spiro atoms. The summed E-state index contributed by atoms with van der Waals surface area (Å²) in [6.07, 6.45) is 11.1. The van der Waals surface area contributed by atoms with Gasteiger partial charge in [-0.05, 0) is 55.1 Å². The van der Waals surface area contributed by atoms with E-state index in [9.17, 15) is 8.78 Å². The average Bonchev–Trinajstić information content (AvgIpc) is 2.53. The standard InChI is InChI=1S/C20H30F2/c1-3-5-6-8-15-9-11-16(12-10-15)18-14-13-17(7-4-2)19(21)20(18)22/h13-16H,3-12H2,1-2H3/t15-,16-. The Balaban J connectivity index is 1.95. The lowest BCUT2D eigenvalue weighted by Gasteiger charge is -2.29. The molecule has 124 valence electrons. The van der Waals surface area contributed by atoms with Crippen LogP contribution in [0.5, 0.6) is 0 Å². The van der Waals surface area contributed by atoms with Crippen LogP contribution in [-0.2, 0) is 6.42 Å². The van der Waals surface area contributed by atoms with Gasteiger partial charge in [-0.1, -0.05) is 58.1 Å². The van der Waals surface area contributed by atoms with E-state index in [1.165, 1.54) is 38.5 Å². The lowest BCUT2D eigenvalue weighted by molar-refractivity contribution is 0.297. The van der Waals surface area contributed by atoms with Gasteiger partial charge in [0, 0.05) is 0 Å². The van der Waals surface area contributed by atoms with E-state index in [4.69, 9.17) is 0 Å². The molecule has 0 N–H and O–H groups in total. The van der Waals surface area contributed by atoms with Crippen LogP contribution in [0.25, 0.3) is 0 Å². The SMILES string of the molecule is CCCCC[C@H]1CC[C@H](c2ccc(CCC)c(F)c2F)CC1. The summed E-state index contributed by atoms with van der Waals surface area (Å²) in [4.78, 5) is 0. The van der Waals surface area contributed by atoms with E-state index in [0.717, 1.165) is 25.2 Å². The van der Waals surface area contributed by atoms with E-state index in [2.05, 4.69) is 6.92 Å². The highest BCUT2D eigenvalue weighted by atomic mass is 19.2. The molecule has 1 saturated carbocycles. The van der Waals surface area contributed by atoms with Crippen molar-refractivity contribution in [1.82, 2.24) is 0 Å². The van der Waals surface area contributed by atoms with Crippen molar-refractivity contribution in [2.45, 2.75) is 84.0 Å². The van der Waals surface area contributed by atoms with Gasteiger partial charge in [0.25, 0.3) is 0 Å². The maximum Gasteiger partial charge on any atom is 0.162 e. The Bertz CT molecular complexity index is 459. The molecule has 0 bridgehead atoms. The molecule has 0 aromatic heterocycles. The maximum absolute atomic E-state index is 14.3. The molecular weight excluding hydrogens is 278 g/mol. The highest BCUT2D eigenvalue weighted by Gasteiger charge is 2.25. The Hall–Kier alpha value is -0.920. The predicted molar refractivity (Wildman–Crippen MR) is 89.2 cm³/mol. The van der Waals surface area contributed by atoms with E-state index in [0.29, 0.717) is 17.5 Å². The molecule has 0 saturated heterocycles. The van der Waals surface area contributed by atoms with Crippen LogP contribution >= 0.6 is 0 Å². The molecular formula is C20H30F2. The maximum atomic E-state index is 14.3. The van der Waals surface area contributed by atoms with Crippen LogP contribution in [0.2, 0.25) is 0 Å². The summed E-state index contributed by atoms with van der Waals surface area (Å²) < 4.78 is 28.5. The first-order chi connectivity index (χ1) is 10.7. The number of hydrogen-bond acceptors (Lipinski definition) is 0. The van der Waals surface area contributed by atoms with Gasteiger partial charge in [-0.15, -0.1) is 0 Å². The van der Waals surface area contributed by atoms with Crippen molar-refractivity contribution in [3.63, 3.8) is 0 Å². The monoisotopic (exact) mass is 308 g/mol. The first-order valence-electron chi connectivity index (χ1n) is 9.14. The molecule has 0 heterocycles. The Morgan fingerprint density at radius 1 is 0.909 bits per heavy atom. The average molecular weight is 308 g/mol. The molecule has 0 unspecified atom stereocenters. The summed E-state index contributed by atoms with van der Waals surface area (Å²) in [5.41, 5.74) is 1.14. The van der Waals surface area contributed by atoms with E-state index >= 15 is 0 Å². The smallest absolute Gasteiger partial charge is 0.162 e. The summed E-state index contributed by atoms with van der Waals surface area (Å²) in [7, 11) is 0. The molecule has 2 heteroatoms. The Morgan fingerprint density at radius 2 is 1.64 bits per heavy atom. The second-order valence-electron chi connectivity index (χ2n) is 6.91. The van der Waals surface area contributed by atoms with Crippen molar-refractivity contribution in [3.8, 4) is 0 Å². The summed E-state index contributed by atoms with van der Waals surface area (Å²) >= 11 is 0. The van der Waals surface area contributed by atoms with Gasteiger partial charge in [0.05, 0.1) is 0 Å². The number of aryl methyl sites for hydroxylation is 1. The van der Waals surface area contributed by atoms with Crippen molar-refractivity contribution < 1.29 is 8.78 Å². The normalized spacial score (nSPS) is 22.0. The van der Waals surface area contributed by atoms with Crippen LogP contribution < -0.4 is 0 Å². The Morgan fingerprint density at radius 3 is 2.27 bits per heavy atom. The van der Waals surface area contributed by atoms with Gasteiger partial charge >= 0.3 is 0 Å². The highest BCUT2D eigenvalue weighted by Crippen LogP contribution is 2.39. The molecule has 0 aliphatic heterocycles. The van der Waals surface area contributed by atoms with Crippen molar-refractivity contribution >= 4 is 0 Å². The topological polar surface area (TPSA) is 0 Å². The molecule has 1 aliphatic rings. The molecule has 1 fully saturated rings. The number of unbranched alkanes of at least 4 members (excludes halogenated alkanes) is 2. The van der Waals surface area contributed by atoms with Crippen LogP contribution in [0.3, 0.4) is 0 Å². The van der Waals surface area contributed by atoms with Crippen molar-refractivity contribution in [3.05, 3.63) is 34.9 Å². The van der Waals surface area contributed by atoms with E-state index in [-0.39, 0.29) is 5.92 Å². The van der Waals surface area contributed by atoms with Gasteiger partial charge in [0.2, 0.25) is 0 Å². The largest absolute Gasteiger partial charge is 0.203 e. The van der Waals surface area contributed by atoms with Crippen LogP contribution in [0.15, 0.2) is 12.1 Å². The molecule has 22 heavy (non-hydrogen) atoms. The summed E-state index contributed by atoms with van der Waals surface area (Å²) in [5.74, 6) is -0.174. The number of hydrogen-bond donors (Lipinski definition) is 0. The highest BCUT2D eigenvalue weighted by molar-refractivity contribution is 5.29. The number of benzene rings is 1. The zero-order valence-corrected chi connectivity index (χ0v) is 14.1. The second-order valence-corrected chi connectivity index (χ2v) is 6.91. The first-order valence-corrected chi connectivity index (χ1v) is 9.14. The van der Waals surface area contributed by atoms with Crippen molar-refractivity contribution in [2.24, 2.45) is 5.92 Å². The molecule has 0 nitrogen and oxygen atoms in total. The minimum absolute atomic E-state index is 0.215. The zero-order valence-electron chi connectivity index (χ0n) is 14.1. The van der Waals surface area contributed by atoms with Gasteiger partial charge in [0.1, 0.15) is 0 Å². The fourth-order valence-electron chi connectivity index (χ4n) is 3.83. The third-order valence-electron chi connectivity index (χ3n) is 5.21. The Labute approximate surface area is 134 Å². The molecule has 0 amide bonds. The third-order valence-corrected chi connectivity index (χ3v) is 5.21. The molecule has 0 atom stereocenters. The van der Waals surface area contributed by atoms with Crippen LogP contribution in [0.1, 0.15) is 88.7 Å². The van der Waals surface area contributed by atoms with Crippen LogP contribution in [0.4, 0.5) is 8.78 Å². The van der Waals surface area contributed by atoms with Crippen molar-refractivity contribution in [1.29, 1.82) is 0 Å². The minimum atomic E-state index is -0.607. The minimum Gasteiger partial charge on any atom is -0.203 e. The van der Waals surface area contributed by atoms with Crippen LogP contribution in [-0.4, -0.2) is 0 Å². The van der Waals surface area contributed by atoms with Gasteiger partial charge in [-0.3, -0.25) is 0 Å². The quantitative estimate of drug-likeness (QED) is 0.487. The lowest BCUT2D eigenvalue weighted by atomic mass is 9.76. The van der Waals surface area contributed by atoms with Gasteiger partial charge < -0.3 is 0 Å². The number of rotatable bonds is 7. The molecule has 2 rings (SSSR count). The van der Waals surface area contributed by atoms with E-state index in [1.807, 2.05) is 13.0 Å². The lowest BCUT2D eigenvalue weighted by Crippen LogP contribution is -2.15. The van der Waals surface area contributed by atoms with Crippen molar-refractivity contribution in [2.75, 3.05) is 0 Å². The zero-order chi connectivity index (χ0) is 15.9. The molecule has 1 aromatic carbocycles. The third kappa shape index (κ3) is 4.30. The second kappa shape index (κ2) is 8.64. The summed E-state index contributed by atoms with van der Waals surface area (Å²) in [6.45, 7) is 4.22. The number of halogens is 2. The molecule has 1 aromatic rings. The summed E-state index contributed by atoms with van der Waals surface area (Å²) in [5, 5.41) is 0. The predicted octanol–water partition coefficient (Wildman–Crippen LogP) is 6.77. The molecule has 0 radical (unpaired) electrons. The Kier molecular flexibility index (Phi) is 6.85. The fraction of sp³-hybridized carbons (Fsp3) is 0.700. The molecule has 1 aliphatic carbocycles.